The van der Waals surface area contributed by atoms with Crippen LogP contribution in [0.4, 0.5) is 0 Å². The van der Waals surface area contributed by atoms with Crippen molar-refractivity contribution in [3.05, 3.63) is 28.2 Å². The predicted octanol–water partition coefficient (Wildman–Crippen LogP) is 4.69. The van der Waals surface area contributed by atoms with Gasteiger partial charge in [0.15, 0.2) is 0 Å². The Morgan fingerprint density at radius 3 is 2.58 bits per heavy atom. The molecule has 1 rings (SSSR count). The van der Waals surface area contributed by atoms with Crippen molar-refractivity contribution in [2.75, 3.05) is 6.54 Å². The smallest absolute Gasteiger partial charge is 0.133 e. The van der Waals surface area contributed by atoms with Crippen molar-refractivity contribution in [2.45, 2.75) is 59.1 Å². The van der Waals surface area contributed by atoms with Crippen LogP contribution in [-0.4, -0.2) is 18.2 Å². The van der Waals surface area contributed by atoms with Crippen molar-refractivity contribution >= 4 is 15.9 Å². The van der Waals surface area contributed by atoms with E-state index in [1.807, 2.05) is 6.07 Å². The normalized spacial score (nSPS) is 13.4. The molecule has 0 aliphatic heterocycles. The first-order chi connectivity index (χ1) is 8.78. The summed E-state index contributed by atoms with van der Waals surface area (Å²) in [7, 11) is 0. The Morgan fingerprint density at radius 2 is 2.00 bits per heavy atom. The number of hydrogen-bond acceptors (Lipinski definition) is 2. The summed E-state index contributed by atoms with van der Waals surface area (Å²) < 4.78 is 6.99. The molecule has 0 heterocycles. The molecule has 0 radical (unpaired) electrons. The summed E-state index contributed by atoms with van der Waals surface area (Å²) in [6, 6.07) is 6.19. The Hall–Kier alpha value is -0.540. The number of aryl methyl sites for hydroxylation is 1. The average Bonchev–Trinajstić information content (AvgIpc) is 2.27. The van der Waals surface area contributed by atoms with E-state index in [1.54, 1.807) is 0 Å². The third-order valence-electron chi connectivity index (χ3n) is 2.86. The van der Waals surface area contributed by atoms with Crippen LogP contribution in [0.2, 0.25) is 0 Å². The van der Waals surface area contributed by atoms with E-state index in [0.29, 0.717) is 0 Å². The molecule has 0 saturated carbocycles. The highest BCUT2D eigenvalue weighted by Gasteiger charge is 2.10. The Labute approximate surface area is 126 Å². The summed E-state index contributed by atoms with van der Waals surface area (Å²) in [5.74, 6) is 0.932. The molecule has 19 heavy (non-hydrogen) atoms. The highest BCUT2D eigenvalue weighted by molar-refractivity contribution is 9.10. The van der Waals surface area contributed by atoms with Crippen molar-refractivity contribution in [3.63, 3.8) is 0 Å². The molecule has 0 aromatic heterocycles. The molecule has 108 valence electrons. The van der Waals surface area contributed by atoms with Crippen LogP contribution in [0.25, 0.3) is 0 Å². The molecule has 0 aliphatic rings. The number of nitrogens with one attached hydrogen (secondary N) is 1. The zero-order valence-corrected chi connectivity index (χ0v) is 14.3. The van der Waals surface area contributed by atoms with Gasteiger partial charge < -0.3 is 10.1 Å². The summed E-state index contributed by atoms with van der Waals surface area (Å²) in [4.78, 5) is 0. The first-order valence-corrected chi connectivity index (χ1v) is 7.75. The summed E-state index contributed by atoms with van der Waals surface area (Å²) in [6.45, 7) is 11.8. The zero-order valence-electron chi connectivity index (χ0n) is 12.7. The maximum Gasteiger partial charge on any atom is 0.133 e. The topological polar surface area (TPSA) is 21.3 Å². The predicted molar refractivity (Wildman–Crippen MR) is 86.0 cm³/mol. The monoisotopic (exact) mass is 327 g/mol. The van der Waals surface area contributed by atoms with Gasteiger partial charge in [0.2, 0.25) is 0 Å². The molecule has 1 atom stereocenters. The minimum Gasteiger partial charge on any atom is -0.490 e. The second-order valence-electron chi connectivity index (χ2n) is 6.18. The van der Waals surface area contributed by atoms with E-state index >= 15 is 0 Å². The van der Waals surface area contributed by atoms with E-state index in [-0.39, 0.29) is 11.6 Å². The lowest BCUT2D eigenvalue weighted by Crippen LogP contribution is -2.36. The molecule has 0 bridgehead atoms. The van der Waals surface area contributed by atoms with Gasteiger partial charge in [0, 0.05) is 5.54 Å². The van der Waals surface area contributed by atoms with Crippen LogP contribution in [0, 0.1) is 6.92 Å². The van der Waals surface area contributed by atoms with E-state index in [1.165, 1.54) is 5.56 Å². The number of ether oxygens (including phenoxy) is 1. The van der Waals surface area contributed by atoms with E-state index in [2.05, 4.69) is 68.0 Å². The van der Waals surface area contributed by atoms with Gasteiger partial charge in [-0.05, 0) is 87.6 Å². The molecule has 1 aromatic carbocycles. The largest absolute Gasteiger partial charge is 0.490 e. The first-order valence-electron chi connectivity index (χ1n) is 6.96. The van der Waals surface area contributed by atoms with Gasteiger partial charge in [-0.1, -0.05) is 6.07 Å². The Morgan fingerprint density at radius 1 is 1.32 bits per heavy atom. The Kier molecular flexibility index (Phi) is 6.34. The van der Waals surface area contributed by atoms with Gasteiger partial charge in [-0.15, -0.1) is 0 Å². The van der Waals surface area contributed by atoms with Crippen LogP contribution in [0.5, 0.6) is 5.75 Å². The lowest BCUT2D eigenvalue weighted by molar-refractivity contribution is 0.204. The second-order valence-corrected chi connectivity index (χ2v) is 7.04. The van der Waals surface area contributed by atoms with Gasteiger partial charge in [0.05, 0.1) is 10.6 Å². The average molecular weight is 328 g/mol. The van der Waals surface area contributed by atoms with Crippen LogP contribution in [-0.2, 0) is 0 Å². The molecule has 3 heteroatoms. The Balaban J connectivity index is 2.33. The second kappa shape index (κ2) is 7.30. The third-order valence-corrected chi connectivity index (χ3v) is 3.48. The molecular formula is C16H26BrNO. The molecule has 0 amide bonds. The maximum absolute atomic E-state index is 5.96. The molecule has 1 aromatic rings. The standard InChI is InChI=1S/C16H26BrNO/c1-12-8-9-15(14(17)11-12)19-13(2)7-6-10-18-16(3,4)5/h8-9,11,13,18H,6-7,10H2,1-5H3. The molecule has 1 N–H and O–H groups in total. The maximum atomic E-state index is 5.96. The summed E-state index contributed by atoms with van der Waals surface area (Å²) >= 11 is 3.55. The molecule has 0 fully saturated rings. The van der Waals surface area contributed by atoms with E-state index in [4.69, 9.17) is 4.74 Å². The van der Waals surface area contributed by atoms with Crippen molar-refractivity contribution in [2.24, 2.45) is 0 Å². The van der Waals surface area contributed by atoms with Gasteiger partial charge in [-0.25, -0.2) is 0 Å². The van der Waals surface area contributed by atoms with Crippen molar-refractivity contribution in [1.29, 1.82) is 0 Å². The number of rotatable bonds is 6. The fourth-order valence-corrected chi connectivity index (χ4v) is 2.42. The van der Waals surface area contributed by atoms with Gasteiger partial charge in [0.1, 0.15) is 5.75 Å². The quantitative estimate of drug-likeness (QED) is 0.765. The molecule has 0 saturated heterocycles. The van der Waals surface area contributed by atoms with Gasteiger partial charge in [0.25, 0.3) is 0 Å². The van der Waals surface area contributed by atoms with Crippen molar-refractivity contribution < 1.29 is 4.74 Å². The highest BCUT2D eigenvalue weighted by atomic mass is 79.9. The fourth-order valence-electron chi connectivity index (χ4n) is 1.83. The van der Waals surface area contributed by atoms with Crippen molar-refractivity contribution in [1.82, 2.24) is 5.32 Å². The van der Waals surface area contributed by atoms with Crippen LogP contribution >= 0.6 is 15.9 Å². The van der Waals surface area contributed by atoms with Gasteiger partial charge in [-0.3, -0.25) is 0 Å². The fraction of sp³-hybridized carbons (Fsp3) is 0.625. The van der Waals surface area contributed by atoms with Crippen LogP contribution in [0.1, 0.15) is 46.1 Å². The first kappa shape index (κ1) is 16.5. The van der Waals surface area contributed by atoms with Crippen LogP contribution < -0.4 is 10.1 Å². The van der Waals surface area contributed by atoms with E-state index < -0.39 is 0 Å². The highest BCUT2D eigenvalue weighted by Crippen LogP contribution is 2.27. The summed E-state index contributed by atoms with van der Waals surface area (Å²) in [5.41, 5.74) is 1.44. The number of halogens is 1. The zero-order chi connectivity index (χ0) is 14.5. The van der Waals surface area contributed by atoms with Gasteiger partial charge in [-0.2, -0.15) is 0 Å². The van der Waals surface area contributed by atoms with Crippen LogP contribution in [0.15, 0.2) is 22.7 Å². The molecule has 0 aliphatic carbocycles. The van der Waals surface area contributed by atoms with Crippen LogP contribution in [0.3, 0.4) is 0 Å². The molecular weight excluding hydrogens is 302 g/mol. The summed E-state index contributed by atoms with van der Waals surface area (Å²) in [5, 5.41) is 3.50. The Bertz CT molecular complexity index is 398. The van der Waals surface area contributed by atoms with Gasteiger partial charge >= 0.3 is 0 Å². The SMILES string of the molecule is Cc1ccc(OC(C)CCCNC(C)(C)C)c(Br)c1. The summed E-state index contributed by atoms with van der Waals surface area (Å²) in [6.07, 6.45) is 2.42. The lowest BCUT2D eigenvalue weighted by Gasteiger charge is -2.21. The molecule has 1 unspecified atom stereocenters. The van der Waals surface area contributed by atoms with E-state index in [9.17, 15) is 0 Å². The molecule has 0 spiro atoms. The van der Waals surface area contributed by atoms with E-state index in [0.717, 1.165) is 29.6 Å². The minimum atomic E-state index is 0.198. The number of hydrogen-bond donors (Lipinski definition) is 1. The third kappa shape index (κ3) is 6.98. The number of benzene rings is 1. The minimum absolute atomic E-state index is 0.198. The van der Waals surface area contributed by atoms with Crippen molar-refractivity contribution in [3.8, 4) is 5.75 Å². The lowest BCUT2D eigenvalue weighted by atomic mass is 10.1. The molecule has 2 nitrogen and oxygen atoms in total.